The van der Waals surface area contributed by atoms with Crippen LogP contribution in [0.3, 0.4) is 0 Å². The molecule has 0 aliphatic rings. The van der Waals surface area contributed by atoms with Crippen LogP contribution in [0.15, 0.2) is 0 Å². The number of methoxy groups -OCH3 is 1. The van der Waals surface area contributed by atoms with Crippen molar-refractivity contribution in [1.82, 2.24) is 10.2 Å². The molecule has 0 bridgehead atoms. The van der Waals surface area contributed by atoms with Crippen molar-refractivity contribution in [3.63, 3.8) is 0 Å². The average Bonchev–Trinajstić information content (AvgIpc) is 2.22. The largest absolute Gasteiger partial charge is 0.385 e. The Labute approximate surface area is 103 Å². The average molecular weight is 244 g/mol. The molecule has 100 valence electrons. The number of hydrogen-bond donors (Lipinski definition) is 1. The van der Waals surface area contributed by atoms with Crippen molar-refractivity contribution in [2.24, 2.45) is 5.41 Å². The number of rotatable bonds is 6. The molecule has 0 saturated heterocycles. The maximum absolute atomic E-state index is 11.8. The SMILES string of the molecule is COCCCNC(=O)CN(C)C(=O)C(C)(C)C. The third-order valence-electron chi connectivity index (χ3n) is 2.22. The van der Waals surface area contributed by atoms with Crippen LogP contribution >= 0.6 is 0 Å². The number of nitrogens with one attached hydrogen (secondary N) is 1. The molecule has 0 fully saturated rings. The number of carbonyl (C=O) groups is 2. The molecule has 5 nitrogen and oxygen atoms in total. The first-order valence-corrected chi connectivity index (χ1v) is 5.80. The number of likely N-dealkylation sites (N-methyl/N-ethyl adjacent to an activating group) is 1. The number of amides is 2. The minimum atomic E-state index is -0.453. The molecular weight excluding hydrogens is 220 g/mol. The van der Waals surface area contributed by atoms with Gasteiger partial charge in [-0.1, -0.05) is 20.8 Å². The number of carbonyl (C=O) groups excluding carboxylic acids is 2. The predicted octanol–water partition coefficient (Wildman–Crippen LogP) is 0.644. The molecule has 5 heteroatoms. The molecule has 0 atom stereocenters. The molecule has 0 heterocycles. The van der Waals surface area contributed by atoms with Gasteiger partial charge in [0, 0.05) is 32.7 Å². The highest BCUT2D eigenvalue weighted by Gasteiger charge is 2.25. The molecule has 0 aromatic carbocycles. The van der Waals surface area contributed by atoms with Gasteiger partial charge >= 0.3 is 0 Å². The standard InChI is InChI=1S/C12H24N2O3/c1-12(2,3)11(16)14(4)9-10(15)13-7-6-8-17-5/h6-9H2,1-5H3,(H,13,15). The summed E-state index contributed by atoms with van der Waals surface area (Å²) in [5.74, 6) is -0.175. The van der Waals surface area contributed by atoms with Gasteiger partial charge in [-0.2, -0.15) is 0 Å². The first-order chi connectivity index (χ1) is 7.79. The zero-order valence-electron chi connectivity index (χ0n) is 11.5. The van der Waals surface area contributed by atoms with E-state index in [4.69, 9.17) is 4.74 Å². The van der Waals surface area contributed by atoms with Crippen LogP contribution in [0.1, 0.15) is 27.2 Å². The van der Waals surface area contributed by atoms with Crippen molar-refractivity contribution in [3.05, 3.63) is 0 Å². The fourth-order valence-electron chi connectivity index (χ4n) is 1.36. The highest BCUT2D eigenvalue weighted by Crippen LogP contribution is 2.15. The number of nitrogens with zero attached hydrogens (tertiary/aromatic N) is 1. The van der Waals surface area contributed by atoms with E-state index in [1.807, 2.05) is 20.8 Å². The van der Waals surface area contributed by atoms with Gasteiger partial charge in [-0.25, -0.2) is 0 Å². The Bertz CT molecular complexity index is 259. The Kier molecular flexibility index (Phi) is 6.80. The van der Waals surface area contributed by atoms with E-state index >= 15 is 0 Å². The summed E-state index contributed by atoms with van der Waals surface area (Å²) in [5, 5.41) is 2.74. The van der Waals surface area contributed by atoms with Crippen LogP contribution in [-0.4, -0.2) is 50.6 Å². The van der Waals surface area contributed by atoms with Crippen LogP contribution in [0, 0.1) is 5.41 Å². The normalized spacial score (nSPS) is 11.1. The van der Waals surface area contributed by atoms with Crippen LogP contribution in [0.25, 0.3) is 0 Å². The van der Waals surface area contributed by atoms with Crippen LogP contribution in [0.5, 0.6) is 0 Å². The lowest BCUT2D eigenvalue weighted by Crippen LogP contribution is -2.43. The summed E-state index contributed by atoms with van der Waals surface area (Å²) < 4.78 is 4.87. The summed E-state index contributed by atoms with van der Waals surface area (Å²) >= 11 is 0. The van der Waals surface area contributed by atoms with E-state index in [0.29, 0.717) is 13.2 Å². The summed E-state index contributed by atoms with van der Waals surface area (Å²) in [6.45, 7) is 6.80. The molecule has 17 heavy (non-hydrogen) atoms. The Morgan fingerprint density at radius 3 is 2.35 bits per heavy atom. The number of hydrogen-bond acceptors (Lipinski definition) is 3. The zero-order chi connectivity index (χ0) is 13.5. The molecule has 0 radical (unpaired) electrons. The van der Waals surface area contributed by atoms with Crippen molar-refractivity contribution in [3.8, 4) is 0 Å². The minimum Gasteiger partial charge on any atom is -0.385 e. The van der Waals surface area contributed by atoms with E-state index in [1.165, 1.54) is 4.90 Å². The van der Waals surface area contributed by atoms with Crippen molar-refractivity contribution < 1.29 is 14.3 Å². The second-order valence-electron chi connectivity index (χ2n) is 5.11. The van der Waals surface area contributed by atoms with E-state index in [0.717, 1.165) is 6.42 Å². The smallest absolute Gasteiger partial charge is 0.239 e. The van der Waals surface area contributed by atoms with Gasteiger partial charge in [0.05, 0.1) is 6.54 Å². The first-order valence-electron chi connectivity index (χ1n) is 5.80. The first kappa shape index (κ1) is 15.9. The molecular formula is C12H24N2O3. The fraction of sp³-hybridized carbons (Fsp3) is 0.833. The molecule has 1 N–H and O–H groups in total. The second-order valence-corrected chi connectivity index (χ2v) is 5.11. The lowest BCUT2D eigenvalue weighted by atomic mass is 9.95. The molecule has 0 unspecified atom stereocenters. The van der Waals surface area contributed by atoms with Gasteiger partial charge in [0.25, 0.3) is 0 Å². The topological polar surface area (TPSA) is 58.6 Å². The molecule has 0 spiro atoms. The minimum absolute atomic E-state index is 0.0375. The maximum Gasteiger partial charge on any atom is 0.239 e. The van der Waals surface area contributed by atoms with Gasteiger partial charge in [0.2, 0.25) is 11.8 Å². The van der Waals surface area contributed by atoms with E-state index < -0.39 is 5.41 Å². The lowest BCUT2D eigenvalue weighted by molar-refractivity contribution is -0.141. The Morgan fingerprint density at radius 2 is 1.88 bits per heavy atom. The maximum atomic E-state index is 11.8. The molecule has 0 aromatic rings. The summed E-state index contributed by atoms with van der Waals surface area (Å²) in [4.78, 5) is 24.8. The van der Waals surface area contributed by atoms with Crippen molar-refractivity contribution in [1.29, 1.82) is 0 Å². The van der Waals surface area contributed by atoms with Crippen molar-refractivity contribution in [2.75, 3.05) is 33.9 Å². The molecule has 0 aliphatic carbocycles. The molecule has 0 aliphatic heterocycles. The predicted molar refractivity (Wildman–Crippen MR) is 66.6 cm³/mol. The third kappa shape index (κ3) is 6.94. The van der Waals surface area contributed by atoms with Gasteiger partial charge in [-0.05, 0) is 6.42 Å². The van der Waals surface area contributed by atoms with E-state index in [1.54, 1.807) is 14.2 Å². The van der Waals surface area contributed by atoms with E-state index in [2.05, 4.69) is 5.32 Å². The fourth-order valence-corrected chi connectivity index (χ4v) is 1.36. The van der Waals surface area contributed by atoms with Crippen molar-refractivity contribution >= 4 is 11.8 Å². The lowest BCUT2D eigenvalue weighted by Gasteiger charge is -2.25. The molecule has 0 saturated carbocycles. The van der Waals surface area contributed by atoms with Crippen LogP contribution < -0.4 is 5.32 Å². The summed E-state index contributed by atoms with van der Waals surface area (Å²) in [7, 11) is 3.26. The van der Waals surface area contributed by atoms with Gasteiger partial charge in [0.15, 0.2) is 0 Å². The quantitative estimate of drug-likeness (QED) is 0.698. The Balaban J connectivity index is 3.92. The Hall–Kier alpha value is -1.10. The Morgan fingerprint density at radius 1 is 1.29 bits per heavy atom. The van der Waals surface area contributed by atoms with Gasteiger partial charge in [0.1, 0.15) is 0 Å². The van der Waals surface area contributed by atoms with Gasteiger partial charge in [-0.3, -0.25) is 9.59 Å². The highest BCUT2D eigenvalue weighted by molar-refractivity contribution is 5.87. The number of ether oxygens (including phenoxy) is 1. The van der Waals surface area contributed by atoms with E-state index in [9.17, 15) is 9.59 Å². The van der Waals surface area contributed by atoms with Crippen LogP contribution in [0.4, 0.5) is 0 Å². The zero-order valence-corrected chi connectivity index (χ0v) is 11.5. The molecule has 0 rings (SSSR count). The van der Waals surface area contributed by atoms with E-state index in [-0.39, 0.29) is 18.4 Å². The monoisotopic (exact) mass is 244 g/mol. The summed E-state index contributed by atoms with van der Waals surface area (Å²) in [6.07, 6.45) is 0.777. The summed E-state index contributed by atoms with van der Waals surface area (Å²) in [5.41, 5.74) is -0.453. The molecule has 0 aromatic heterocycles. The van der Waals surface area contributed by atoms with Gasteiger partial charge < -0.3 is 15.0 Å². The second kappa shape index (κ2) is 7.27. The summed E-state index contributed by atoms with van der Waals surface area (Å²) in [6, 6.07) is 0. The highest BCUT2D eigenvalue weighted by atomic mass is 16.5. The molecule has 2 amide bonds. The third-order valence-corrected chi connectivity index (χ3v) is 2.22. The van der Waals surface area contributed by atoms with Gasteiger partial charge in [-0.15, -0.1) is 0 Å². The van der Waals surface area contributed by atoms with Crippen LogP contribution in [0.2, 0.25) is 0 Å². The van der Waals surface area contributed by atoms with Crippen molar-refractivity contribution in [2.45, 2.75) is 27.2 Å². The van der Waals surface area contributed by atoms with Crippen LogP contribution in [-0.2, 0) is 14.3 Å².